The van der Waals surface area contributed by atoms with Crippen molar-refractivity contribution in [2.45, 2.75) is 51.2 Å². The molecular formula is C29H34N2O9. The summed E-state index contributed by atoms with van der Waals surface area (Å²) in [6.45, 7) is 3.32. The van der Waals surface area contributed by atoms with Gasteiger partial charge in [-0.2, -0.15) is 0 Å². The molecule has 0 unspecified atom stereocenters. The average Bonchev–Trinajstić information content (AvgIpc) is 3.59. The number of carbonyl (C=O) groups is 2. The summed E-state index contributed by atoms with van der Waals surface area (Å²) < 4.78 is 22.7. The van der Waals surface area contributed by atoms with E-state index in [1.807, 2.05) is 6.07 Å². The van der Waals surface area contributed by atoms with Gasteiger partial charge in [0.25, 0.3) is 0 Å². The van der Waals surface area contributed by atoms with Crippen LogP contribution in [0.2, 0.25) is 0 Å². The van der Waals surface area contributed by atoms with Gasteiger partial charge in [0.1, 0.15) is 12.2 Å². The average molecular weight is 555 g/mol. The molecular weight excluding hydrogens is 520 g/mol. The number of amides is 2. The summed E-state index contributed by atoms with van der Waals surface area (Å²) >= 11 is 0. The van der Waals surface area contributed by atoms with Crippen molar-refractivity contribution in [2.24, 2.45) is 5.92 Å². The summed E-state index contributed by atoms with van der Waals surface area (Å²) in [7, 11) is 1.47. The van der Waals surface area contributed by atoms with Crippen molar-refractivity contribution in [1.29, 1.82) is 0 Å². The molecule has 4 N–H and O–H groups in total. The predicted octanol–water partition coefficient (Wildman–Crippen LogP) is 1.22. The minimum atomic E-state index is -1.20. The van der Waals surface area contributed by atoms with Crippen LogP contribution >= 0.6 is 0 Å². The molecule has 0 bridgehead atoms. The van der Waals surface area contributed by atoms with E-state index in [4.69, 9.17) is 18.9 Å². The van der Waals surface area contributed by atoms with Crippen molar-refractivity contribution in [2.75, 3.05) is 27.1 Å². The number of carbonyl (C=O) groups excluding carboxylic acids is 2. The largest absolute Gasteiger partial charge is 0.493 e. The number of fused-ring (bicyclic) bond motifs is 4. The Bertz CT molecular complexity index is 1320. The monoisotopic (exact) mass is 554 g/mol. The molecule has 0 fully saturated rings. The second-order valence-electron chi connectivity index (χ2n) is 10.3. The second kappa shape index (κ2) is 11.4. The van der Waals surface area contributed by atoms with Gasteiger partial charge >= 0.3 is 0 Å². The molecule has 0 saturated carbocycles. The van der Waals surface area contributed by atoms with Crippen LogP contribution in [0.5, 0.6) is 23.0 Å². The van der Waals surface area contributed by atoms with Gasteiger partial charge in [0, 0.05) is 30.1 Å². The van der Waals surface area contributed by atoms with E-state index in [9.17, 15) is 24.9 Å². The molecule has 0 saturated heterocycles. The third-order valence-corrected chi connectivity index (χ3v) is 7.42. The number of hydrogen-bond donors (Lipinski definition) is 4. The van der Waals surface area contributed by atoms with Crippen molar-refractivity contribution in [3.05, 3.63) is 58.7 Å². The first kappa shape index (κ1) is 27.8. The number of benzene rings is 2. The molecule has 214 valence electrons. The Hall–Kier alpha value is -3.80. The zero-order valence-electron chi connectivity index (χ0n) is 22.6. The number of methoxy groups -OCH3 is 1. The van der Waals surface area contributed by atoms with E-state index in [0.717, 1.165) is 5.56 Å². The molecule has 5 rings (SSSR count). The molecule has 1 aliphatic carbocycles. The van der Waals surface area contributed by atoms with Crippen LogP contribution in [0.1, 0.15) is 36.5 Å². The quantitative estimate of drug-likeness (QED) is 0.359. The first-order chi connectivity index (χ1) is 19.3. The van der Waals surface area contributed by atoms with Gasteiger partial charge in [0.05, 0.1) is 32.3 Å². The number of hydrogen-bond acceptors (Lipinski definition) is 9. The highest BCUT2D eigenvalue weighted by Gasteiger charge is 2.51. The molecule has 2 aromatic rings. The van der Waals surface area contributed by atoms with Crippen LogP contribution in [-0.4, -0.2) is 77.3 Å². The highest BCUT2D eigenvalue weighted by Crippen LogP contribution is 2.51. The summed E-state index contributed by atoms with van der Waals surface area (Å²) in [5, 5.41) is 33.6. The van der Waals surface area contributed by atoms with Gasteiger partial charge in [0.15, 0.2) is 23.0 Å². The fraction of sp³-hybridized carbons (Fsp3) is 0.448. The normalized spacial score (nSPS) is 22.2. The van der Waals surface area contributed by atoms with Gasteiger partial charge in [-0.3, -0.25) is 9.59 Å². The Morgan fingerprint density at radius 3 is 2.60 bits per heavy atom. The lowest BCUT2D eigenvalue weighted by molar-refractivity contribution is -0.141. The molecule has 11 nitrogen and oxygen atoms in total. The number of aliphatic hydroxyl groups is 3. The van der Waals surface area contributed by atoms with Crippen molar-refractivity contribution in [3.63, 3.8) is 0 Å². The Morgan fingerprint density at radius 2 is 1.90 bits per heavy atom. The number of aliphatic hydroxyl groups excluding tert-OH is 3. The van der Waals surface area contributed by atoms with Crippen LogP contribution in [-0.2, 0) is 22.7 Å². The smallest absolute Gasteiger partial charge is 0.247 e. The minimum absolute atomic E-state index is 0.0281. The molecule has 2 aliphatic heterocycles. The van der Waals surface area contributed by atoms with E-state index >= 15 is 0 Å². The van der Waals surface area contributed by atoms with Crippen molar-refractivity contribution in [1.82, 2.24) is 10.2 Å². The minimum Gasteiger partial charge on any atom is -0.493 e. The summed E-state index contributed by atoms with van der Waals surface area (Å²) in [5.41, 5.74) is 2.20. The summed E-state index contributed by atoms with van der Waals surface area (Å²) in [6, 6.07) is 7.86. The Labute approximate surface area is 231 Å². The maximum atomic E-state index is 13.6. The van der Waals surface area contributed by atoms with E-state index < -0.39 is 36.0 Å². The second-order valence-corrected chi connectivity index (χ2v) is 10.3. The fourth-order valence-electron chi connectivity index (χ4n) is 5.52. The number of nitrogens with one attached hydrogen (secondary N) is 1. The van der Waals surface area contributed by atoms with Gasteiger partial charge in [0.2, 0.25) is 18.6 Å². The fourth-order valence-corrected chi connectivity index (χ4v) is 5.52. The Morgan fingerprint density at radius 1 is 1.12 bits per heavy atom. The topological polar surface area (TPSA) is 147 Å². The van der Waals surface area contributed by atoms with E-state index in [-0.39, 0.29) is 44.6 Å². The van der Waals surface area contributed by atoms with E-state index in [1.165, 1.54) is 7.11 Å². The molecule has 2 aromatic carbocycles. The lowest BCUT2D eigenvalue weighted by Gasteiger charge is -2.41. The van der Waals surface area contributed by atoms with Crippen molar-refractivity contribution in [3.8, 4) is 23.0 Å². The number of nitrogens with zero attached hydrogens (tertiary/aromatic N) is 1. The first-order valence-electron chi connectivity index (χ1n) is 13.2. The zero-order chi connectivity index (χ0) is 28.6. The molecule has 0 aromatic heterocycles. The molecule has 3 aliphatic rings. The van der Waals surface area contributed by atoms with Crippen LogP contribution in [0, 0.1) is 5.92 Å². The molecule has 0 radical (unpaired) electrons. The third-order valence-electron chi connectivity index (χ3n) is 7.42. The molecule has 11 heteroatoms. The van der Waals surface area contributed by atoms with E-state index in [0.29, 0.717) is 34.1 Å². The van der Waals surface area contributed by atoms with Gasteiger partial charge in [-0.25, -0.2) is 0 Å². The lowest BCUT2D eigenvalue weighted by atomic mass is 9.77. The van der Waals surface area contributed by atoms with Crippen LogP contribution in [0.3, 0.4) is 0 Å². The van der Waals surface area contributed by atoms with Gasteiger partial charge in [-0.05, 0) is 41.5 Å². The number of ether oxygens (including phenoxy) is 4. The maximum Gasteiger partial charge on any atom is 0.247 e. The predicted molar refractivity (Wildman–Crippen MR) is 142 cm³/mol. The molecule has 0 spiro atoms. The number of rotatable bonds is 9. The van der Waals surface area contributed by atoms with Crippen LogP contribution in [0.25, 0.3) is 0 Å². The van der Waals surface area contributed by atoms with Crippen molar-refractivity contribution >= 4 is 11.8 Å². The SMILES string of the molecule is COc1cc(CO)cc2c1O[C@@H]1[C@@H](O)[C@H](N(Cc3ccc4c(c3)OCO4)C(=O)C(C)C)C=C(C(=O)NCCO)[C@H]21. The Balaban J connectivity index is 1.58. The van der Waals surface area contributed by atoms with E-state index in [2.05, 4.69) is 5.32 Å². The highest BCUT2D eigenvalue weighted by atomic mass is 16.7. The van der Waals surface area contributed by atoms with E-state index in [1.54, 1.807) is 49.1 Å². The van der Waals surface area contributed by atoms with Crippen LogP contribution in [0.15, 0.2) is 42.0 Å². The molecule has 2 amide bonds. The summed E-state index contributed by atoms with van der Waals surface area (Å²) in [4.78, 5) is 28.6. The lowest BCUT2D eigenvalue weighted by Crippen LogP contribution is -2.56. The summed E-state index contributed by atoms with van der Waals surface area (Å²) in [6.07, 6.45) is -0.504. The van der Waals surface area contributed by atoms with Crippen LogP contribution < -0.4 is 24.3 Å². The van der Waals surface area contributed by atoms with Crippen molar-refractivity contribution < 1.29 is 43.9 Å². The maximum absolute atomic E-state index is 13.6. The molecule has 4 atom stereocenters. The molecule has 40 heavy (non-hydrogen) atoms. The highest BCUT2D eigenvalue weighted by molar-refractivity contribution is 5.96. The van der Waals surface area contributed by atoms with Gasteiger partial charge < -0.3 is 44.5 Å². The van der Waals surface area contributed by atoms with Gasteiger partial charge in [-0.15, -0.1) is 0 Å². The van der Waals surface area contributed by atoms with Crippen LogP contribution in [0.4, 0.5) is 0 Å². The first-order valence-corrected chi connectivity index (χ1v) is 13.2. The summed E-state index contributed by atoms with van der Waals surface area (Å²) in [5.74, 6) is 0.155. The van der Waals surface area contributed by atoms with Gasteiger partial charge in [-0.1, -0.05) is 19.9 Å². The standard InChI is InChI=1S/C29H34N2O9/c1-15(2)29(36)31(12-16-4-5-21-22(9-16)39-14-38-21)20-11-19(28(35)30-6-7-32)24-18-8-17(13-33)10-23(37-3)26(18)40-27(24)25(20)34/h4-5,8-11,15,20,24-25,27,32-34H,6-7,12-14H2,1-3H3,(H,30,35)/t20-,24+,25+,27+/m1/s1. The molecule has 2 heterocycles. The Kier molecular flexibility index (Phi) is 7.88. The zero-order valence-corrected chi connectivity index (χ0v) is 22.6. The third kappa shape index (κ3) is 4.96.